The van der Waals surface area contributed by atoms with Gasteiger partial charge in [-0.1, -0.05) is 0 Å². The lowest BCUT2D eigenvalue weighted by Crippen LogP contribution is -2.41. The van der Waals surface area contributed by atoms with Gasteiger partial charge in [-0.25, -0.2) is 32.1 Å². The fourth-order valence-electron chi connectivity index (χ4n) is 4.14. The molecule has 2 heterocycles. The van der Waals surface area contributed by atoms with Gasteiger partial charge in [0.25, 0.3) is 0 Å². The number of Topliss-reactive ketones (excluding diaryl/α,β-unsaturated/α-hetero) is 1. The van der Waals surface area contributed by atoms with E-state index in [2.05, 4.69) is 5.32 Å². The molecule has 0 unspecified atom stereocenters. The van der Waals surface area contributed by atoms with Gasteiger partial charge in [0.05, 0.1) is 0 Å². The molecule has 50 heavy (non-hydrogen) atoms. The van der Waals surface area contributed by atoms with Crippen molar-refractivity contribution in [2.24, 2.45) is 0 Å². The Balaban J connectivity index is 0.000000376. The fraction of sp³-hybridized carbons (Fsp3) is 0.556. The highest BCUT2D eigenvalue weighted by Crippen LogP contribution is 2.21. The van der Waals surface area contributed by atoms with Crippen LogP contribution in [0.3, 0.4) is 0 Å². The summed E-state index contributed by atoms with van der Waals surface area (Å²) in [6.45, 7) is 16.2. The van der Waals surface area contributed by atoms with Crippen LogP contribution in [0.4, 0.5) is 27.2 Å². The number of benzene rings is 2. The molecule has 1 N–H and O–H groups in total. The first-order valence-electron chi connectivity index (χ1n) is 16.3. The maximum atomic E-state index is 13.1. The van der Waals surface area contributed by atoms with Gasteiger partial charge in [0.15, 0.2) is 29.1 Å². The monoisotopic (exact) mass is 824 g/mol. The average molecular weight is 825 g/mol. The number of alkyl carbamates (subject to hydrolysis) is 1. The summed E-state index contributed by atoms with van der Waals surface area (Å²) in [4.78, 5) is 47.6. The van der Waals surface area contributed by atoms with Crippen LogP contribution in [0.2, 0.25) is 0 Å². The van der Waals surface area contributed by atoms with Crippen molar-refractivity contribution < 1.29 is 51.0 Å². The quantitative estimate of drug-likeness (QED) is 0.139. The molecular weight excluding hydrogens is 775 g/mol. The molecule has 2 fully saturated rings. The summed E-state index contributed by atoms with van der Waals surface area (Å²) in [5.74, 6) is -4.07. The highest BCUT2D eigenvalue weighted by Gasteiger charge is 2.35. The lowest BCUT2D eigenvalue weighted by Gasteiger charge is -2.25. The number of imide groups is 1. The maximum absolute atomic E-state index is 13.1. The summed E-state index contributed by atoms with van der Waals surface area (Å²) in [7, 11) is 0. The third kappa shape index (κ3) is 18.6. The van der Waals surface area contributed by atoms with Gasteiger partial charge in [0.1, 0.15) is 11.2 Å². The standard InChI is InChI=1S/C16H21F2NO3.C10H17NO3.C6H3F2I.C4H8O/c1-10(19-15(21)22-16(2,3)4)5-8-14(20)11-6-7-12(17)13(18)9-11;1-7-5-6-8(12)11(7)9(13)14-10(2,3)4;7-5-2-1-4(9)3-6(5)8;1-2-4-5-3-1/h6-7,9-10H,5,8H2,1-4H3,(H,19,21);7H,5-6H2,1-4H3;1-3H;1-4H2/t10-;7-;;/m00../s1. The predicted molar refractivity (Wildman–Crippen MR) is 190 cm³/mol. The van der Waals surface area contributed by atoms with E-state index in [-0.39, 0.29) is 35.8 Å². The molecule has 0 aliphatic carbocycles. The van der Waals surface area contributed by atoms with E-state index in [1.54, 1.807) is 48.5 Å². The van der Waals surface area contributed by atoms with E-state index >= 15 is 0 Å². The number of nitrogens with one attached hydrogen (secondary N) is 1. The number of ether oxygens (including phenoxy) is 3. The Hall–Kier alpha value is -3.27. The van der Waals surface area contributed by atoms with E-state index in [0.29, 0.717) is 16.4 Å². The minimum absolute atomic E-state index is 0.0302. The molecule has 2 aromatic carbocycles. The van der Waals surface area contributed by atoms with Crippen molar-refractivity contribution in [3.8, 4) is 0 Å². The van der Waals surface area contributed by atoms with Crippen LogP contribution in [0.15, 0.2) is 36.4 Å². The van der Waals surface area contributed by atoms with Gasteiger partial charge in [-0.2, -0.15) is 0 Å². The smallest absolute Gasteiger partial charge is 0.417 e. The number of hydrogen-bond acceptors (Lipinski definition) is 7. The van der Waals surface area contributed by atoms with Crippen LogP contribution in [0.5, 0.6) is 0 Å². The molecule has 14 heteroatoms. The summed E-state index contributed by atoms with van der Waals surface area (Å²) in [5.41, 5.74) is -1.02. The van der Waals surface area contributed by atoms with E-state index in [1.807, 2.05) is 29.5 Å². The van der Waals surface area contributed by atoms with Gasteiger partial charge in [-0.3, -0.25) is 9.59 Å². The van der Waals surface area contributed by atoms with Crippen LogP contribution in [0, 0.1) is 26.8 Å². The molecule has 9 nitrogen and oxygen atoms in total. The van der Waals surface area contributed by atoms with Crippen LogP contribution >= 0.6 is 22.6 Å². The second-order valence-corrected chi connectivity index (χ2v) is 14.9. The van der Waals surface area contributed by atoms with Crippen molar-refractivity contribution in [3.05, 3.63) is 68.8 Å². The lowest BCUT2D eigenvalue weighted by molar-refractivity contribution is -0.127. The summed E-state index contributed by atoms with van der Waals surface area (Å²) < 4.78 is 66.1. The van der Waals surface area contributed by atoms with Crippen LogP contribution in [0.1, 0.15) is 104 Å². The zero-order chi connectivity index (χ0) is 38.2. The fourth-order valence-corrected chi connectivity index (χ4v) is 4.60. The Morgan fingerprint density at radius 2 is 1.44 bits per heavy atom. The third-order valence-corrected chi connectivity index (χ3v) is 7.26. The first kappa shape index (κ1) is 44.8. The number of carbonyl (C=O) groups excluding carboxylic acids is 4. The molecule has 0 spiro atoms. The van der Waals surface area contributed by atoms with E-state index in [4.69, 9.17) is 14.2 Å². The van der Waals surface area contributed by atoms with Crippen LogP contribution in [0.25, 0.3) is 0 Å². The van der Waals surface area contributed by atoms with Crippen molar-refractivity contribution >= 4 is 46.5 Å². The molecular formula is C36H49F4IN2O7. The number of ketones is 1. The van der Waals surface area contributed by atoms with Gasteiger partial charge in [0, 0.05) is 47.3 Å². The van der Waals surface area contributed by atoms with Crippen LogP contribution in [-0.2, 0) is 19.0 Å². The van der Waals surface area contributed by atoms with Crippen molar-refractivity contribution in [2.75, 3.05) is 13.2 Å². The van der Waals surface area contributed by atoms with E-state index in [9.17, 15) is 36.7 Å². The summed E-state index contributed by atoms with van der Waals surface area (Å²) >= 11 is 1.92. The SMILES string of the molecule is C1CCOC1.C[C@@H](CCC(=O)c1ccc(F)c(F)c1)NC(=O)OC(C)(C)C.C[C@H]1CCC(=O)N1C(=O)OC(C)(C)C.Fc1ccc(I)cc1F. The van der Waals surface area contributed by atoms with Crippen molar-refractivity contribution in [1.29, 1.82) is 0 Å². The molecule has 2 aromatic rings. The number of carbonyl (C=O) groups is 4. The molecule has 2 atom stereocenters. The minimum Gasteiger partial charge on any atom is -0.444 e. The minimum atomic E-state index is -1.05. The number of nitrogens with zero attached hydrogens (tertiary/aromatic N) is 1. The molecule has 2 aliphatic heterocycles. The summed E-state index contributed by atoms with van der Waals surface area (Å²) in [5, 5.41) is 2.62. The number of rotatable bonds is 5. The summed E-state index contributed by atoms with van der Waals surface area (Å²) in [6.07, 6.45) is 3.14. The molecule has 0 bridgehead atoms. The predicted octanol–water partition coefficient (Wildman–Crippen LogP) is 9.14. The largest absolute Gasteiger partial charge is 0.444 e. The topological polar surface area (TPSA) is 111 Å². The van der Waals surface area contributed by atoms with Gasteiger partial charge < -0.3 is 19.5 Å². The van der Waals surface area contributed by atoms with Gasteiger partial charge in [-0.15, -0.1) is 0 Å². The average Bonchev–Trinajstić information content (AvgIpc) is 3.67. The lowest BCUT2D eigenvalue weighted by atomic mass is 10.0. The Bertz CT molecular complexity index is 1420. The van der Waals surface area contributed by atoms with Crippen molar-refractivity contribution in [3.63, 3.8) is 0 Å². The molecule has 0 aromatic heterocycles. The van der Waals surface area contributed by atoms with Gasteiger partial charge in [-0.05, 0) is 140 Å². The van der Waals surface area contributed by atoms with Crippen LogP contribution in [-0.4, -0.2) is 65.3 Å². The normalized spacial score (nSPS) is 16.1. The number of halogens is 5. The second kappa shape index (κ2) is 21.2. The Labute approximate surface area is 305 Å². The second-order valence-electron chi connectivity index (χ2n) is 13.6. The van der Waals surface area contributed by atoms with E-state index < -0.39 is 46.7 Å². The highest BCUT2D eigenvalue weighted by molar-refractivity contribution is 14.1. The molecule has 2 saturated heterocycles. The third-order valence-electron chi connectivity index (χ3n) is 6.59. The summed E-state index contributed by atoms with van der Waals surface area (Å²) in [6, 6.07) is 6.51. The zero-order valence-corrected chi connectivity index (χ0v) is 32.1. The number of amides is 3. The van der Waals surface area contributed by atoms with Gasteiger partial charge in [0.2, 0.25) is 5.91 Å². The Kier molecular flexibility index (Phi) is 19.0. The molecule has 3 amide bonds. The molecule has 4 rings (SSSR count). The first-order valence-corrected chi connectivity index (χ1v) is 17.4. The molecule has 0 radical (unpaired) electrons. The highest BCUT2D eigenvalue weighted by atomic mass is 127. The maximum Gasteiger partial charge on any atom is 0.417 e. The molecule has 2 aliphatic rings. The molecule has 0 saturated carbocycles. The first-order chi connectivity index (χ1) is 23.1. The van der Waals surface area contributed by atoms with E-state index in [1.165, 1.54) is 29.9 Å². The van der Waals surface area contributed by atoms with Crippen LogP contribution < -0.4 is 5.32 Å². The van der Waals surface area contributed by atoms with Crippen molar-refractivity contribution in [2.45, 2.75) is 117 Å². The Morgan fingerprint density at radius 3 is 1.86 bits per heavy atom. The number of hydrogen-bond donors (Lipinski definition) is 1. The van der Waals surface area contributed by atoms with Crippen molar-refractivity contribution in [1.82, 2.24) is 10.2 Å². The number of likely N-dealkylation sites (tertiary alicyclic amines) is 1. The van der Waals surface area contributed by atoms with Gasteiger partial charge >= 0.3 is 12.2 Å². The van der Waals surface area contributed by atoms with E-state index in [0.717, 1.165) is 43.9 Å². The zero-order valence-electron chi connectivity index (χ0n) is 30.0. The molecule has 280 valence electrons. The Morgan fingerprint density at radius 1 is 0.900 bits per heavy atom.